The highest BCUT2D eigenvalue weighted by molar-refractivity contribution is 5.80. The van der Waals surface area contributed by atoms with Crippen molar-refractivity contribution in [1.29, 1.82) is 0 Å². The maximum Gasteiger partial charge on any atom is 0.226 e. The third-order valence-corrected chi connectivity index (χ3v) is 5.27. The summed E-state index contributed by atoms with van der Waals surface area (Å²) in [5.74, 6) is 1.74. The van der Waals surface area contributed by atoms with Gasteiger partial charge in [-0.1, -0.05) is 33.1 Å². The zero-order chi connectivity index (χ0) is 14.5. The Bertz CT molecular complexity index is 310. The predicted molar refractivity (Wildman–Crippen MR) is 83.3 cm³/mol. The van der Waals surface area contributed by atoms with Gasteiger partial charge in [-0.2, -0.15) is 0 Å². The Morgan fingerprint density at radius 2 is 1.85 bits per heavy atom. The molecule has 0 aromatic heterocycles. The monoisotopic (exact) mass is 280 g/mol. The van der Waals surface area contributed by atoms with Gasteiger partial charge in [0.2, 0.25) is 5.91 Å². The van der Waals surface area contributed by atoms with Gasteiger partial charge in [-0.25, -0.2) is 0 Å². The van der Waals surface area contributed by atoms with Crippen molar-refractivity contribution in [3.05, 3.63) is 0 Å². The lowest BCUT2D eigenvalue weighted by Crippen LogP contribution is -2.45. The maximum absolute atomic E-state index is 13.0. The topological polar surface area (TPSA) is 46.3 Å². The largest absolute Gasteiger partial charge is 0.339 e. The van der Waals surface area contributed by atoms with Crippen molar-refractivity contribution in [1.82, 2.24) is 4.90 Å². The lowest BCUT2D eigenvalue weighted by molar-refractivity contribution is -0.139. The number of nitrogens with two attached hydrogens (primary N) is 1. The van der Waals surface area contributed by atoms with E-state index in [1.165, 1.54) is 32.1 Å². The molecule has 0 radical (unpaired) electrons. The van der Waals surface area contributed by atoms with Crippen LogP contribution < -0.4 is 5.73 Å². The molecule has 20 heavy (non-hydrogen) atoms. The highest BCUT2D eigenvalue weighted by Gasteiger charge is 2.37. The molecule has 2 N–H and O–H groups in total. The number of rotatable bonds is 6. The highest BCUT2D eigenvalue weighted by Crippen LogP contribution is 2.34. The number of hydrogen-bond acceptors (Lipinski definition) is 2. The number of carbonyl (C=O) groups excluding carboxylic acids is 1. The summed E-state index contributed by atoms with van der Waals surface area (Å²) in [4.78, 5) is 15.2. The first-order valence-electron chi connectivity index (χ1n) is 8.64. The minimum atomic E-state index is 0.216. The molecule has 2 unspecified atom stereocenters. The van der Waals surface area contributed by atoms with Gasteiger partial charge >= 0.3 is 0 Å². The average Bonchev–Trinajstić information content (AvgIpc) is 3.09. The van der Waals surface area contributed by atoms with Crippen molar-refractivity contribution in [2.75, 3.05) is 13.1 Å². The second kappa shape index (κ2) is 7.44. The summed E-state index contributed by atoms with van der Waals surface area (Å²) in [5, 5.41) is 0. The maximum atomic E-state index is 13.0. The summed E-state index contributed by atoms with van der Waals surface area (Å²) in [6.45, 7) is 6.12. The SMILES string of the molecule is CC(C)CCN(C(=O)C1CCCC1CN)C1CCCC1. The fraction of sp³-hybridized carbons (Fsp3) is 0.941. The zero-order valence-corrected chi connectivity index (χ0v) is 13.3. The Hall–Kier alpha value is -0.570. The first-order chi connectivity index (χ1) is 9.63. The number of nitrogens with zero attached hydrogens (tertiary/aromatic N) is 1. The van der Waals surface area contributed by atoms with Gasteiger partial charge < -0.3 is 10.6 Å². The Kier molecular flexibility index (Phi) is 5.88. The summed E-state index contributed by atoms with van der Waals surface area (Å²) in [5.41, 5.74) is 5.87. The summed E-state index contributed by atoms with van der Waals surface area (Å²) < 4.78 is 0. The van der Waals surface area contributed by atoms with E-state index in [9.17, 15) is 4.79 Å². The molecule has 0 heterocycles. The fourth-order valence-corrected chi connectivity index (χ4v) is 3.94. The van der Waals surface area contributed by atoms with Gasteiger partial charge in [0.15, 0.2) is 0 Å². The third kappa shape index (κ3) is 3.75. The minimum absolute atomic E-state index is 0.216. The molecule has 0 aromatic rings. The van der Waals surface area contributed by atoms with E-state index < -0.39 is 0 Å². The van der Waals surface area contributed by atoms with Gasteiger partial charge in [-0.3, -0.25) is 4.79 Å². The van der Waals surface area contributed by atoms with Crippen LogP contribution in [0.5, 0.6) is 0 Å². The molecule has 2 aliphatic rings. The molecule has 2 saturated carbocycles. The number of carbonyl (C=O) groups is 1. The van der Waals surface area contributed by atoms with Gasteiger partial charge in [0.25, 0.3) is 0 Å². The summed E-state index contributed by atoms with van der Waals surface area (Å²) in [6.07, 6.45) is 9.53. The molecule has 3 heteroatoms. The Morgan fingerprint density at radius 1 is 1.15 bits per heavy atom. The predicted octanol–water partition coefficient (Wildman–Crippen LogP) is 3.18. The second-order valence-corrected chi connectivity index (χ2v) is 7.19. The highest BCUT2D eigenvalue weighted by atomic mass is 16.2. The average molecular weight is 280 g/mol. The van der Waals surface area contributed by atoms with Crippen LogP contribution in [0.25, 0.3) is 0 Å². The van der Waals surface area contributed by atoms with Crippen LogP contribution in [0.3, 0.4) is 0 Å². The van der Waals surface area contributed by atoms with Crippen molar-refractivity contribution >= 4 is 5.91 Å². The molecule has 0 aromatic carbocycles. The number of amides is 1. The molecule has 2 fully saturated rings. The van der Waals surface area contributed by atoms with Crippen molar-refractivity contribution < 1.29 is 4.79 Å². The molecule has 2 rings (SSSR count). The van der Waals surface area contributed by atoms with Crippen LogP contribution >= 0.6 is 0 Å². The van der Waals surface area contributed by atoms with E-state index in [-0.39, 0.29) is 5.92 Å². The molecule has 1 amide bonds. The van der Waals surface area contributed by atoms with E-state index in [1.807, 2.05) is 0 Å². The van der Waals surface area contributed by atoms with Crippen LogP contribution in [-0.2, 0) is 4.79 Å². The summed E-state index contributed by atoms with van der Waals surface area (Å²) in [6, 6.07) is 0.514. The van der Waals surface area contributed by atoms with E-state index in [0.29, 0.717) is 30.3 Å². The molecule has 3 nitrogen and oxygen atoms in total. The van der Waals surface area contributed by atoms with Crippen molar-refractivity contribution in [3.8, 4) is 0 Å². The van der Waals surface area contributed by atoms with Gasteiger partial charge in [0.1, 0.15) is 0 Å². The standard InChI is InChI=1S/C17H32N2O/c1-13(2)10-11-19(15-7-3-4-8-15)17(20)16-9-5-6-14(16)12-18/h13-16H,3-12,18H2,1-2H3. The first kappa shape index (κ1) is 15.8. The molecule has 0 spiro atoms. The first-order valence-corrected chi connectivity index (χ1v) is 8.64. The Labute approximate surface area is 124 Å². The van der Waals surface area contributed by atoms with Gasteiger partial charge in [0.05, 0.1) is 0 Å². The van der Waals surface area contributed by atoms with Crippen molar-refractivity contribution in [2.24, 2.45) is 23.5 Å². The normalized spacial score (nSPS) is 27.4. The van der Waals surface area contributed by atoms with Crippen LogP contribution in [0.4, 0.5) is 0 Å². The molecule has 2 aliphatic carbocycles. The van der Waals surface area contributed by atoms with Gasteiger partial charge in [-0.15, -0.1) is 0 Å². The molecule has 0 aliphatic heterocycles. The minimum Gasteiger partial charge on any atom is -0.339 e. The van der Waals surface area contributed by atoms with Crippen LogP contribution in [0.15, 0.2) is 0 Å². The van der Waals surface area contributed by atoms with Gasteiger partial charge in [-0.05, 0) is 50.5 Å². The van der Waals surface area contributed by atoms with Gasteiger partial charge in [0, 0.05) is 18.5 Å². The lowest BCUT2D eigenvalue weighted by Gasteiger charge is -2.33. The van der Waals surface area contributed by atoms with E-state index in [2.05, 4.69) is 18.7 Å². The summed E-state index contributed by atoms with van der Waals surface area (Å²) >= 11 is 0. The van der Waals surface area contributed by atoms with E-state index in [1.54, 1.807) is 0 Å². The quantitative estimate of drug-likeness (QED) is 0.812. The van der Waals surface area contributed by atoms with Crippen molar-refractivity contribution in [3.63, 3.8) is 0 Å². The van der Waals surface area contributed by atoms with Crippen LogP contribution in [-0.4, -0.2) is 29.9 Å². The molecular weight excluding hydrogens is 248 g/mol. The van der Waals surface area contributed by atoms with Crippen LogP contribution in [0, 0.1) is 17.8 Å². The van der Waals surface area contributed by atoms with Crippen molar-refractivity contribution in [2.45, 2.75) is 71.3 Å². The number of hydrogen-bond donors (Lipinski definition) is 1. The second-order valence-electron chi connectivity index (χ2n) is 7.19. The Morgan fingerprint density at radius 3 is 2.45 bits per heavy atom. The van der Waals surface area contributed by atoms with E-state index >= 15 is 0 Å². The molecular formula is C17H32N2O. The van der Waals surface area contributed by atoms with Crippen LogP contribution in [0.2, 0.25) is 0 Å². The molecule has 0 saturated heterocycles. The molecule has 2 atom stereocenters. The molecule has 116 valence electrons. The zero-order valence-electron chi connectivity index (χ0n) is 13.3. The van der Waals surface area contributed by atoms with E-state index in [0.717, 1.165) is 25.8 Å². The van der Waals surface area contributed by atoms with Crippen LogP contribution in [0.1, 0.15) is 65.2 Å². The Balaban J connectivity index is 2.02. The lowest BCUT2D eigenvalue weighted by atomic mass is 9.93. The smallest absolute Gasteiger partial charge is 0.226 e. The fourth-order valence-electron chi connectivity index (χ4n) is 3.94. The molecule has 0 bridgehead atoms. The third-order valence-electron chi connectivity index (χ3n) is 5.27. The summed E-state index contributed by atoms with van der Waals surface area (Å²) in [7, 11) is 0. The van der Waals surface area contributed by atoms with E-state index in [4.69, 9.17) is 5.73 Å².